The Labute approximate surface area is 128 Å². The maximum absolute atomic E-state index is 9.21. The summed E-state index contributed by atoms with van der Waals surface area (Å²) in [7, 11) is 0. The Bertz CT molecular complexity index is 281. The summed E-state index contributed by atoms with van der Waals surface area (Å²) in [6.45, 7) is 4.83. The standard InChI is InChI=1S/C7H14O4.C6H12O5/c1-3-5(8)7(10)6(9)4(2)11-3;1-2-3(7)4(8)5(9)6(10)11-2/h3-10H,1-2H3;2-10H,1H3/t;2-,3-,4+,5+,6+/m.1/s1. The lowest BCUT2D eigenvalue weighted by Crippen LogP contribution is -2.56. The van der Waals surface area contributed by atoms with Gasteiger partial charge in [0.2, 0.25) is 0 Å². The molecule has 2 fully saturated rings. The van der Waals surface area contributed by atoms with Gasteiger partial charge in [-0.2, -0.15) is 0 Å². The van der Waals surface area contributed by atoms with Crippen LogP contribution in [0.5, 0.6) is 0 Å². The highest BCUT2D eigenvalue weighted by molar-refractivity contribution is 4.88. The minimum atomic E-state index is -1.43. The lowest BCUT2D eigenvalue weighted by molar-refractivity contribution is -0.277. The van der Waals surface area contributed by atoms with Gasteiger partial charge in [0.15, 0.2) is 6.29 Å². The molecule has 0 aromatic heterocycles. The molecule has 0 aromatic rings. The molecule has 4 unspecified atom stereocenters. The molecule has 2 aliphatic rings. The molecule has 7 N–H and O–H groups in total. The SMILES string of the molecule is CC1OC(C)C(O)C(O)C1O.C[C@H]1O[C@H](O)[C@@H](O)[C@@H](O)[C@@H]1O. The molecule has 0 saturated carbocycles. The summed E-state index contributed by atoms with van der Waals surface area (Å²) in [4.78, 5) is 0. The molecule has 0 spiro atoms. The van der Waals surface area contributed by atoms with Crippen LogP contribution in [0.2, 0.25) is 0 Å². The van der Waals surface area contributed by atoms with Crippen LogP contribution in [0.25, 0.3) is 0 Å². The van der Waals surface area contributed by atoms with Gasteiger partial charge < -0.3 is 45.2 Å². The second-order valence-electron chi connectivity index (χ2n) is 5.72. The first-order chi connectivity index (χ1) is 10.1. The van der Waals surface area contributed by atoms with Crippen molar-refractivity contribution in [2.75, 3.05) is 0 Å². The van der Waals surface area contributed by atoms with Crippen LogP contribution in [-0.4, -0.2) is 97.0 Å². The van der Waals surface area contributed by atoms with E-state index in [4.69, 9.17) is 25.2 Å². The fourth-order valence-corrected chi connectivity index (χ4v) is 2.29. The molecule has 0 aliphatic carbocycles. The van der Waals surface area contributed by atoms with Crippen LogP contribution >= 0.6 is 0 Å². The molecule has 9 nitrogen and oxygen atoms in total. The van der Waals surface area contributed by atoms with E-state index in [0.29, 0.717) is 0 Å². The van der Waals surface area contributed by atoms with E-state index < -0.39 is 61.2 Å². The normalized spacial score (nSPS) is 52.6. The van der Waals surface area contributed by atoms with Crippen LogP contribution in [0.4, 0.5) is 0 Å². The number of hydrogen-bond acceptors (Lipinski definition) is 9. The summed E-state index contributed by atoms with van der Waals surface area (Å²) in [6.07, 6.45) is -9.88. The fraction of sp³-hybridized carbons (Fsp3) is 1.00. The van der Waals surface area contributed by atoms with Gasteiger partial charge in [0.1, 0.15) is 36.6 Å². The smallest absolute Gasteiger partial charge is 0.183 e. The Morgan fingerprint density at radius 1 is 0.455 bits per heavy atom. The minimum Gasteiger partial charge on any atom is -0.388 e. The van der Waals surface area contributed by atoms with E-state index in [2.05, 4.69) is 4.74 Å². The number of hydrogen-bond donors (Lipinski definition) is 7. The molecule has 0 amide bonds. The highest BCUT2D eigenvalue weighted by Crippen LogP contribution is 2.20. The molecular formula is C13H26O9. The van der Waals surface area contributed by atoms with E-state index in [1.165, 1.54) is 6.92 Å². The van der Waals surface area contributed by atoms with Gasteiger partial charge in [0.25, 0.3) is 0 Å². The number of rotatable bonds is 0. The van der Waals surface area contributed by atoms with Crippen molar-refractivity contribution >= 4 is 0 Å². The zero-order valence-corrected chi connectivity index (χ0v) is 12.7. The van der Waals surface area contributed by atoms with Crippen LogP contribution in [0.15, 0.2) is 0 Å². The van der Waals surface area contributed by atoms with Crippen molar-refractivity contribution in [2.24, 2.45) is 0 Å². The van der Waals surface area contributed by atoms with E-state index in [9.17, 15) is 15.3 Å². The average molecular weight is 326 g/mol. The predicted molar refractivity (Wildman–Crippen MR) is 72.6 cm³/mol. The topological polar surface area (TPSA) is 160 Å². The fourth-order valence-electron chi connectivity index (χ4n) is 2.29. The Morgan fingerprint density at radius 2 is 0.773 bits per heavy atom. The monoisotopic (exact) mass is 326 g/mol. The van der Waals surface area contributed by atoms with Crippen LogP contribution in [0, 0.1) is 0 Å². The Balaban J connectivity index is 0.000000220. The van der Waals surface area contributed by atoms with Gasteiger partial charge >= 0.3 is 0 Å². The summed E-state index contributed by atoms with van der Waals surface area (Å²) in [6, 6.07) is 0. The molecule has 2 rings (SSSR count). The highest BCUT2D eigenvalue weighted by Gasteiger charge is 2.41. The van der Waals surface area contributed by atoms with Gasteiger partial charge in [-0.05, 0) is 20.8 Å². The summed E-state index contributed by atoms with van der Waals surface area (Å²) in [5.41, 5.74) is 0. The van der Waals surface area contributed by atoms with Gasteiger partial charge in [-0.15, -0.1) is 0 Å². The third-order valence-electron chi connectivity index (χ3n) is 3.92. The van der Waals surface area contributed by atoms with Crippen molar-refractivity contribution in [3.8, 4) is 0 Å². The van der Waals surface area contributed by atoms with Gasteiger partial charge in [-0.3, -0.25) is 0 Å². The van der Waals surface area contributed by atoms with Crippen molar-refractivity contribution < 1.29 is 45.2 Å². The summed E-state index contributed by atoms with van der Waals surface area (Å²) >= 11 is 0. The Hall–Kier alpha value is -0.360. The van der Waals surface area contributed by atoms with Crippen molar-refractivity contribution in [3.63, 3.8) is 0 Å². The minimum absolute atomic E-state index is 0.414. The zero-order valence-electron chi connectivity index (χ0n) is 12.7. The molecule has 9 heteroatoms. The first kappa shape index (κ1) is 19.7. The summed E-state index contributed by atoms with van der Waals surface area (Å²) in [5.74, 6) is 0. The van der Waals surface area contributed by atoms with Crippen LogP contribution in [0.3, 0.4) is 0 Å². The van der Waals surface area contributed by atoms with Crippen molar-refractivity contribution in [2.45, 2.75) is 82.0 Å². The van der Waals surface area contributed by atoms with Crippen LogP contribution in [-0.2, 0) is 9.47 Å². The third kappa shape index (κ3) is 4.34. The molecule has 0 bridgehead atoms. The molecule has 2 aliphatic heterocycles. The second kappa shape index (κ2) is 7.95. The van der Waals surface area contributed by atoms with E-state index in [0.717, 1.165) is 0 Å². The zero-order chi connectivity index (χ0) is 17.2. The molecule has 2 heterocycles. The molecule has 22 heavy (non-hydrogen) atoms. The largest absolute Gasteiger partial charge is 0.388 e. The lowest BCUT2D eigenvalue weighted by Gasteiger charge is -2.37. The molecule has 9 atom stereocenters. The second-order valence-corrected chi connectivity index (χ2v) is 5.72. The van der Waals surface area contributed by atoms with Gasteiger partial charge in [0.05, 0.1) is 18.3 Å². The van der Waals surface area contributed by atoms with Crippen molar-refractivity contribution in [3.05, 3.63) is 0 Å². The average Bonchev–Trinajstić information content (AvgIpc) is 2.47. The maximum Gasteiger partial charge on any atom is 0.183 e. The van der Waals surface area contributed by atoms with E-state index in [1.807, 2.05) is 0 Å². The van der Waals surface area contributed by atoms with Gasteiger partial charge in [-0.25, -0.2) is 0 Å². The number of aliphatic hydroxyl groups excluding tert-OH is 7. The van der Waals surface area contributed by atoms with Crippen LogP contribution in [0.1, 0.15) is 20.8 Å². The first-order valence-corrected chi connectivity index (χ1v) is 7.15. The van der Waals surface area contributed by atoms with Gasteiger partial charge in [0, 0.05) is 0 Å². The third-order valence-corrected chi connectivity index (χ3v) is 3.92. The van der Waals surface area contributed by atoms with E-state index in [-0.39, 0.29) is 0 Å². The number of aliphatic hydroxyl groups is 7. The number of ether oxygens (including phenoxy) is 2. The van der Waals surface area contributed by atoms with Gasteiger partial charge in [-0.1, -0.05) is 0 Å². The van der Waals surface area contributed by atoms with E-state index in [1.54, 1.807) is 13.8 Å². The highest BCUT2D eigenvalue weighted by atomic mass is 16.6. The summed E-state index contributed by atoms with van der Waals surface area (Å²) < 4.78 is 9.80. The molecule has 132 valence electrons. The predicted octanol–water partition coefficient (Wildman–Crippen LogP) is -3.32. The van der Waals surface area contributed by atoms with Crippen molar-refractivity contribution in [1.82, 2.24) is 0 Å². The Kier molecular flexibility index (Phi) is 7.12. The Morgan fingerprint density at radius 3 is 1.18 bits per heavy atom. The van der Waals surface area contributed by atoms with E-state index >= 15 is 0 Å². The van der Waals surface area contributed by atoms with Crippen molar-refractivity contribution in [1.29, 1.82) is 0 Å². The maximum atomic E-state index is 9.21. The molecule has 2 saturated heterocycles. The lowest BCUT2D eigenvalue weighted by atomic mass is 9.97. The van der Waals surface area contributed by atoms with Crippen LogP contribution < -0.4 is 0 Å². The molecule has 0 aromatic carbocycles. The molecule has 0 radical (unpaired) electrons. The molecular weight excluding hydrogens is 300 g/mol. The summed E-state index contributed by atoms with van der Waals surface area (Å²) in [5, 5.41) is 63.6. The first-order valence-electron chi connectivity index (χ1n) is 7.15. The quantitative estimate of drug-likeness (QED) is 0.242.